The normalized spacial score (nSPS) is 18.0. The number of rotatable bonds is 3. The van der Waals surface area contributed by atoms with Crippen LogP contribution in [0.25, 0.3) is 10.9 Å². The highest BCUT2D eigenvalue weighted by atomic mass is 16.5. The predicted molar refractivity (Wildman–Crippen MR) is 111 cm³/mol. The Balaban J connectivity index is 1.78. The van der Waals surface area contributed by atoms with Gasteiger partial charge in [0.1, 0.15) is 5.78 Å². The largest absolute Gasteiger partial charge is 0.452 e. The third-order valence-electron chi connectivity index (χ3n) is 5.43. The summed E-state index contributed by atoms with van der Waals surface area (Å²) in [5, 5.41) is 0.852. The van der Waals surface area contributed by atoms with Gasteiger partial charge < -0.3 is 9.64 Å². The zero-order valence-electron chi connectivity index (χ0n) is 18.0. The first-order valence-corrected chi connectivity index (χ1v) is 9.81. The van der Waals surface area contributed by atoms with Gasteiger partial charge in [0, 0.05) is 29.3 Å². The van der Waals surface area contributed by atoms with Crippen LogP contribution in [0.1, 0.15) is 62.2 Å². The first kappa shape index (κ1) is 21.0. The SMILES string of the molecule is Cc1ccc2nc(C)c(C(=O)OCC(=O)N3C(C)(C)CC(=O)CC3(C)C)cc2c1. The van der Waals surface area contributed by atoms with Gasteiger partial charge in [-0.2, -0.15) is 0 Å². The number of hydrogen-bond acceptors (Lipinski definition) is 5. The van der Waals surface area contributed by atoms with Crippen molar-refractivity contribution in [1.82, 2.24) is 9.88 Å². The minimum absolute atomic E-state index is 0.134. The number of fused-ring (bicyclic) bond motifs is 1. The number of ketones is 1. The number of amides is 1. The van der Waals surface area contributed by atoms with Crippen molar-refractivity contribution in [2.45, 2.75) is 65.5 Å². The number of aromatic nitrogens is 1. The lowest BCUT2D eigenvalue weighted by Gasteiger charge is -2.51. The molecule has 2 heterocycles. The fraction of sp³-hybridized carbons (Fsp3) is 0.478. The van der Waals surface area contributed by atoms with Crippen molar-refractivity contribution in [3.05, 3.63) is 41.1 Å². The maximum atomic E-state index is 12.9. The van der Waals surface area contributed by atoms with E-state index in [0.29, 0.717) is 24.1 Å². The van der Waals surface area contributed by atoms with E-state index in [9.17, 15) is 14.4 Å². The van der Waals surface area contributed by atoms with Gasteiger partial charge in [0.05, 0.1) is 16.8 Å². The van der Waals surface area contributed by atoms with Crippen molar-refractivity contribution in [3.8, 4) is 0 Å². The third kappa shape index (κ3) is 4.16. The summed E-state index contributed by atoms with van der Waals surface area (Å²) in [5.41, 5.74) is 1.54. The van der Waals surface area contributed by atoms with E-state index < -0.39 is 17.0 Å². The zero-order chi connectivity index (χ0) is 21.6. The topological polar surface area (TPSA) is 76.6 Å². The standard InChI is InChI=1S/C23H28N2O4/c1-14-7-8-19-16(9-14)10-18(15(2)24-19)21(28)29-13-20(27)25-22(3,4)11-17(26)12-23(25,5)6/h7-10H,11-13H2,1-6H3. The number of carbonyl (C=O) groups excluding carboxylic acids is 3. The Hall–Kier alpha value is -2.76. The van der Waals surface area contributed by atoms with E-state index in [-0.39, 0.29) is 18.3 Å². The second-order valence-corrected chi connectivity index (χ2v) is 9.14. The fourth-order valence-corrected chi connectivity index (χ4v) is 4.55. The van der Waals surface area contributed by atoms with Gasteiger partial charge in [-0.25, -0.2) is 4.79 Å². The molecule has 6 nitrogen and oxygen atoms in total. The molecule has 0 aliphatic carbocycles. The lowest BCUT2D eigenvalue weighted by atomic mass is 9.79. The van der Waals surface area contributed by atoms with Crippen LogP contribution in [0.5, 0.6) is 0 Å². The van der Waals surface area contributed by atoms with Gasteiger partial charge in [0.25, 0.3) is 5.91 Å². The molecule has 2 aromatic rings. The number of hydrogen-bond donors (Lipinski definition) is 0. The summed E-state index contributed by atoms with van der Waals surface area (Å²) in [6, 6.07) is 7.60. The smallest absolute Gasteiger partial charge is 0.340 e. The number of nitrogens with zero attached hydrogens (tertiary/aromatic N) is 2. The molecule has 154 valence electrons. The van der Waals surface area contributed by atoms with E-state index in [1.54, 1.807) is 17.9 Å². The Morgan fingerprint density at radius 1 is 1.07 bits per heavy atom. The van der Waals surface area contributed by atoms with Gasteiger partial charge in [-0.3, -0.25) is 14.6 Å². The molecular weight excluding hydrogens is 368 g/mol. The Morgan fingerprint density at radius 3 is 2.31 bits per heavy atom. The Kier molecular flexibility index (Phi) is 5.24. The van der Waals surface area contributed by atoms with E-state index in [1.165, 1.54) is 0 Å². The number of likely N-dealkylation sites (tertiary alicyclic amines) is 1. The van der Waals surface area contributed by atoms with Gasteiger partial charge in [0.15, 0.2) is 6.61 Å². The molecule has 1 aliphatic rings. The number of carbonyl (C=O) groups is 3. The summed E-state index contributed by atoms with van der Waals surface area (Å²) in [7, 11) is 0. The minimum Gasteiger partial charge on any atom is -0.452 e. The minimum atomic E-state index is -0.625. The maximum absolute atomic E-state index is 12.9. The molecule has 6 heteroatoms. The van der Waals surface area contributed by atoms with Crippen LogP contribution in [0.2, 0.25) is 0 Å². The summed E-state index contributed by atoms with van der Waals surface area (Å²) in [6.45, 7) is 10.8. The first-order valence-electron chi connectivity index (χ1n) is 9.81. The van der Waals surface area contributed by atoms with Gasteiger partial charge in [-0.15, -0.1) is 0 Å². The summed E-state index contributed by atoms with van der Waals surface area (Å²) >= 11 is 0. The van der Waals surface area contributed by atoms with Crippen LogP contribution >= 0.6 is 0 Å². The Labute approximate surface area is 171 Å². The highest BCUT2D eigenvalue weighted by molar-refractivity contribution is 5.96. The monoisotopic (exact) mass is 396 g/mol. The molecule has 0 atom stereocenters. The van der Waals surface area contributed by atoms with Gasteiger partial charge >= 0.3 is 5.97 Å². The summed E-state index contributed by atoms with van der Waals surface area (Å²) in [5.74, 6) is -0.743. The number of ether oxygens (including phenoxy) is 1. The molecule has 29 heavy (non-hydrogen) atoms. The molecule has 0 unspecified atom stereocenters. The quantitative estimate of drug-likeness (QED) is 0.739. The fourth-order valence-electron chi connectivity index (χ4n) is 4.55. The zero-order valence-corrected chi connectivity index (χ0v) is 18.0. The lowest BCUT2D eigenvalue weighted by molar-refractivity contribution is -0.156. The molecule has 0 bridgehead atoms. The lowest BCUT2D eigenvalue weighted by Crippen LogP contribution is -2.63. The number of pyridine rings is 1. The first-order chi connectivity index (χ1) is 13.4. The summed E-state index contributed by atoms with van der Waals surface area (Å²) in [6.07, 6.45) is 0.590. The van der Waals surface area contributed by atoms with Crippen LogP contribution < -0.4 is 0 Å². The summed E-state index contributed by atoms with van der Waals surface area (Å²) < 4.78 is 5.36. The van der Waals surface area contributed by atoms with E-state index in [1.807, 2.05) is 52.8 Å². The molecule has 1 aromatic carbocycles. The van der Waals surface area contributed by atoms with E-state index in [2.05, 4.69) is 4.98 Å². The highest BCUT2D eigenvalue weighted by Crippen LogP contribution is 2.36. The average Bonchev–Trinajstić information content (AvgIpc) is 2.56. The number of benzene rings is 1. The van der Waals surface area contributed by atoms with Crippen LogP contribution in [0.3, 0.4) is 0 Å². The second kappa shape index (κ2) is 7.25. The molecule has 1 saturated heterocycles. The molecule has 0 radical (unpaired) electrons. The van der Waals surface area contributed by atoms with Crippen molar-refractivity contribution in [2.24, 2.45) is 0 Å². The van der Waals surface area contributed by atoms with Gasteiger partial charge in [-0.05, 0) is 59.7 Å². The number of aryl methyl sites for hydroxylation is 2. The van der Waals surface area contributed by atoms with Crippen molar-refractivity contribution >= 4 is 28.6 Å². The predicted octanol–water partition coefficient (Wildman–Crippen LogP) is 3.76. The third-order valence-corrected chi connectivity index (χ3v) is 5.43. The van der Waals surface area contributed by atoms with E-state index in [4.69, 9.17) is 4.74 Å². The molecule has 1 aromatic heterocycles. The van der Waals surface area contributed by atoms with Gasteiger partial charge in [0.2, 0.25) is 0 Å². The van der Waals surface area contributed by atoms with Crippen LogP contribution in [-0.2, 0) is 14.3 Å². The molecule has 0 N–H and O–H groups in total. The second-order valence-electron chi connectivity index (χ2n) is 9.14. The van der Waals surface area contributed by atoms with Crippen LogP contribution in [0.15, 0.2) is 24.3 Å². The molecular formula is C23H28N2O4. The summed E-state index contributed by atoms with van der Waals surface area (Å²) in [4.78, 5) is 43.8. The number of Topliss-reactive ketones (excluding diaryl/α,β-unsaturated/α-hetero) is 1. The van der Waals surface area contributed by atoms with E-state index >= 15 is 0 Å². The number of esters is 1. The maximum Gasteiger partial charge on any atom is 0.340 e. The Bertz CT molecular complexity index is 987. The molecule has 0 spiro atoms. The molecule has 0 saturated carbocycles. The molecule has 3 rings (SSSR count). The van der Waals surface area contributed by atoms with Crippen LogP contribution in [0.4, 0.5) is 0 Å². The van der Waals surface area contributed by atoms with Crippen LogP contribution in [-0.4, -0.2) is 45.2 Å². The van der Waals surface area contributed by atoms with Crippen LogP contribution in [0, 0.1) is 13.8 Å². The number of piperidine rings is 1. The van der Waals surface area contributed by atoms with E-state index in [0.717, 1.165) is 16.5 Å². The molecule has 1 aliphatic heterocycles. The highest BCUT2D eigenvalue weighted by Gasteiger charge is 2.47. The molecule has 1 amide bonds. The van der Waals surface area contributed by atoms with Crippen molar-refractivity contribution in [3.63, 3.8) is 0 Å². The Morgan fingerprint density at radius 2 is 1.69 bits per heavy atom. The molecule has 1 fully saturated rings. The van der Waals surface area contributed by atoms with Crippen molar-refractivity contribution in [1.29, 1.82) is 0 Å². The van der Waals surface area contributed by atoms with Gasteiger partial charge in [-0.1, -0.05) is 11.6 Å². The van der Waals surface area contributed by atoms with Crippen molar-refractivity contribution < 1.29 is 19.1 Å². The average molecular weight is 396 g/mol. The van der Waals surface area contributed by atoms with Crippen molar-refractivity contribution in [2.75, 3.05) is 6.61 Å².